The van der Waals surface area contributed by atoms with E-state index in [-0.39, 0.29) is 29.7 Å². The molecule has 3 N–H and O–H groups in total. The van der Waals surface area contributed by atoms with Crippen molar-refractivity contribution >= 4 is 40.0 Å². The maximum atomic E-state index is 11.4. The van der Waals surface area contributed by atoms with Crippen molar-refractivity contribution in [3.63, 3.8) is 0 Å². The van der Waals surface area contributed by atoms with E-state index >= 15 is 0 Å². The fraction of sp³-hybridized carbons (Fsp3) is 0.938. The Bertz CT molecular complexity index is 474. The van der Waals surface area contributed by atoms with E-state index in [9.17, 15) is 8.42 Å². The molecule has 0 radical (unpaired) electrons. The number of halogens is 1. The van der Waals surface area contributed by atoms with Crippen molar-refractivity contribution in [1.29, 1.82) is 0 Å². The molecule has 8 heteroatoms. The maximum Gasteiger partial charge on any atom is 0.211 e. The van der Waals surface area contributed by atoms with Crippen molar-refractivity contribution in [3.8, 4) is 0 Å². The van der Waals surface area contributed by atoms with Crippen LogP contribution >= 0.6 is 24.0 Å². The van der Waals surface area contributed by atoms with Crippen molar-refractivity contribution < 1.29 is 8.42 Å². The van der Waals surface area contributed by atoms with E-state index in [1.807, 2.05) is 0 Å². The third kappa shape index (κ3) is 8.84. The second kappa shape index (κ2) is 11.5. The number of nitrogens with one attached hydrogen (secondary N) is 3. The predicted molar refractivity (Wildman–Crippen MR) is 113 cm³/mol. The second-order valence-electron chi connectivity index (χ2n) is 6.96. The Balaban J connectivity index is 0.00000529. The average molecular weight is 474 g/mol. The molecule has 0 heterocycles. The standard InChI is InChI=1S/C16H34N4O2S.HI/c1-5-23(21,22)20-11-10-18-15(17-4)19-13-16(12-14(2)3)8-6-7-9-16;/h14,20H,5-13H2,1-4H3,(H2,17,18,19);1H. The molecule has 0 aromatic heterocycles. The molecular formula is C16H35IN4O2S. The first-order chi connectivity index (χ1) is 10.8. The first-order valence-electron chi connectivity index (χ1n) is 8.74. The molecule has 0 bridgehead atoms. The third-order valence-electron chi connectivity index (χ3n) is 4.48. The molecule has 1 fully saturated rings. The fourth-order valence-corrected chi connectivity index (χ4v) is 4.04. The highest BCUT2D eigenvalue weighted by Crippen LogP contribution is 2.42. The molecule has 1 saturated carbocycles. The highest BCUT2D eigenvalue weighted by molar-refractivity contribution is 14.0. The summed E-state index contributed by atoms with van der Waals surface area (Å²) >= 11 is 0. The third-order valence-corrected chi connectivity index (χ3v) is 5.88. The maximum absolute atomic E-state index is 11.4. The smallest absolute Gasteiger partial charge is 0.211 e. The molecule has 0 amide bonds. The minimum Gasteiger partial charge on any atom is -0.356 e. The number of rotatable bonds is 9. The lowest BCUT2D eigenvalue weighted by atomic mass is 9.78. The van der Waals surface area contributed by atoms with Crippen molar-refractivity contribution in [2.24, 2.45) is 16.3 Å². The summed E-state index contributed by atoms with van der Waals surface area (Å²) in [6.07, 6.45) is 6.45. The largest absolute Gasteiger partial charge is 0.356 e. The van der Waals surface area contributed by atoms with Gasteiger partial charge < -0.3 is 10.6 Å². The Labute approximate surface area is 165 Å². The predicted octanol–water partition coefficient (Wildman–Crippen LogP) is 2.32. The molecule has 0 aromatic rings. The molecule has 0 unspecified atom stereocenters. The molecule has 1 aliphatic rings. The van der Waals surface area contributed by atoms with Gasteiger partial charge in [0.05, 0.1) is 5.75 Å². The Morgan fingerprint density at radius 2 is 1.79 bits per heavy atom. The van der Waals surface area contributed by atoms with Gasteiger partial charge in [0, 0.05) is 26.7 Å². The monoisotopic (exact) mass is 474 g/mol. The Morgan fingerprint density at radius 1 is 1.17 bits per heavy atom. The van der Waals surface area contributed by atoms with Crippen molar-refractivity contribution in [2.45, 2.75) is 52.9 Å². The number of hydrogen-bond acceptors (Lipinski definition) is 3. The zero-order valence-electron chi connectivity index (χ0n) is 15.5. The SMILES string of the molecule is CCS(=O)(=O)NCCNC(=NC)NCC1(CC(C)C)CCCC1.I. The van der Waals surface area contributed by atoms with Crippen LogP contribution in [0.5, 0.6) is 0 Å². The lowest BCUT2D eigenvalue weighted by Gasteiger charge is -2.31. The van der Waals surface area contributed by atoms with E-state index in [4.69, 9.17) is 0 Å². The van der Waals surface area contributed by atoms with E-state index in [2.05, 4.69) is 34.2 Å². The molecule has 24 heavy (non-hydrogen) atoms. The molecule has 1 rings (SSSR count). The molecular weight excluding hydrogens is 439 g/mol. The topological polar surface area (TPSA) is 82.6 Å². The highest BCUT2D eigenvalue weighted by Gasteiger charge is 2.34. The highest BCUT2D eigenvalue weighted by atomic mass is 127. The molecule has 0 spiro atoms. The van der Waals surface area contributed by atoms with Crippen molar-refractivity contribution in [1.82, 2.24) is 15.4 Å². The lowest BCUT2D eigenvalue weighted by molar-refractivity contribution is 0.235. The molecule has 0 aliphatic heterocycles. The van der Waals surface area contributed by atoms with Gasteiger partial charge in [0.2, 0.25) is 10.0 Å². The van der Waals surface area contributed by atoms with Crippen LogP contribution in [0.4, 0.5) is 0 Å². The summed E-state index contributed by atoms with van der Waals surface area (Å²) in [5, 5.41) is 6.60. The van der Waals surface area contributed by atoms with Crippen LogP contribution in [0.2, 0.25) is 0 Å². The summed E-state index contributed by atoms with van der Waals surface area (Å²) < 4.78 is 25.3. The van der Waals surface area contributed by atoms with Gasteiger partial charge in [-0.2, -0.15) is 0 Å². The van der Waals surface area contributed by atoms with E-state index in [1.54, 1.807) is 14.0 Å². The van der Waals surface area contributed by atoms with Crippen molar-refractivity contribution in [3.05, 3.63) is 0 Å². The van der Waals surface area contributed by atoms with Crippen LogP contribution in [-0.2, 0) is 10.0 Å². The van der Waals surface area contributed by atoms with Gasteiger partial charge in [0.25, 0.3) is 0 Å². The van der Waals surface area contributed by atoms with Gasteiger partial charge in [-0.3, -0.25) is 4.99 Å². The minimum atomic E-state index is -3.12. The number of aliphatic imine (C=N–C) groups is 1. The molecule has 0 atom stereocenters. The average Bonchev–Trinajstić information content (AvgIpc) is 2.94. The van der Waals surface area contributed by atoms with Gasteiger partial charge in [0.1, 0.15) is 0 Å². The number of nitrogens with zero attached hydrogens (tertiary/aromatic N) is 1. The van der Waals surface area contributed by atoms with Crippen LogP contribution in [0.15, 0.2) is 4.99 Å². The van der Waals surface area contributed by atoms with E-state index in [0.29, 0.717) is 24.4 Å². The zero-order valence-corrected chi connectivity index (χ0v) is 18.7. The summed E-state index contributed by atoms with van der Waals surface area (Å²) in [6.45, 7) is 8.03. The van der Waals surface area contributed by atoms with Crippen LogP contribution in [0.25, 0.3) is 0 Å². The summed E-state index contributed by atoms with van der Waals surface area (Å²) in [4.78, 5) is 4.23. The van der Waals surface area contributed by atoms with Gasteiger partial charge in [-0.05, 0) is 37.5 Å². The molecule has 0 saturated heterocycles. The molecule has 6 nitrogen and oxygen atoms in total. The minimum absolute atomic E-state index is 0. The van der Waals surface area contributed by atoms with Gasteiger partial charge in [-0.15, -0.1) is 24.0 Å². The Hall–Kier alpha value is -0.0900. The summed E-state index contributed by atoms with van der Waals surface area (Å²) in [5.41, 5.74) is 0.385. The Morgan fingerprint density at radius 3 is 2.29 bits per heavy atom. The molecule has 144 valence electrons. The van der Waals surface area contributed by atoms with Crippen LogP contribution in [0, 0.1) is 11.3 Å². The van der Waals surface area contributed by atoms with E-state index < -0.39 is 10.0 Å². The van der Waals surface area contributed by atoms with Crippen LogP contribution < -0.4 is 15.4 Å². The van der Waals surface area contributed by atoms with Gasteiger partial charge >= 0.3 is 0 Å². The van der Waals surface area contributed by atoms with Crippen LogP contribution in [0.1, 0.15) is 52.9 Å². The normalized spacial score (nSPS) is 17.6. The summed E-state index contributed by atoms with van der Waals surface area (Å²) in [5.74, 6) is 1.56. The number of sulfonamides is 1. The van der Waals surface area contributed by atoms with Crippen molar-refractivity contribution in [2.75, 3.05) is 32.4 Å². The first-order valence-corrected chi connectivity index (χ1v) is 10.4. The zero-order chi connectivity index (χ0) is 17.3. The quantitative estimate of drug-likeness (QED) is 0.207. The second-order valence-corrected chi connectivity index (χ2v) is 9.05. The lowest BCUT2D eigenvalue weighted by Crippen LogP contribution is -2.45. The fourth-order valence-electron chi connectivity index (χ4n) is 3.43. The van der Waals surface area contributed by atoms with Gasteiger partial charge in [-0.1, -0.05) is 26.7 Å². The van der Waals surface area contributed by atoms with Gasteiger partial charge in [0.15, 0.2) is 5.96 Å². The number of hydrogen-bond donors (Lipinski definition) is 3. The van der Waals surface area contributed by atoms with Gasteiger partial charge in [-0.25, -0.2) is 13.1 Å². The van der Waals surface area contributed by atoms with E-state index in [0.717, 1.165) is 12.5 Å². The van der Waals surface area contributed by atoms with Crippen LogP contribution in [0.3, 0.4) is 0 Å². The number of guanidine groups is 1. The summed E-state index contributed by atoms with van der Waals surface area (Å²) in [6, 6.07) is 0. The summed E-state index contributed by atoms with van der Waals surface area (Å²) in [7, 11) is -1.38. The molecule has 1 aliphatic carbocycles. The van der Waals surface area contributed by atoms with Crippen LogP contribution in [-0.4, -0.2) is 46.8 Å². The van der Waals surface area contributed by atoms with E-state index in [1.165, 1.54) is 32.1 Å². The first kappa shape index (κ1) is 23.9. The Kier molecular flexibility index (Phi) is 11.5. The molecule has 0 aromatic carbocycles.